The molecule has 1 heterocycles. The minimum Gasteiger partial charge on any atom is -0.482 e. The first-order valence-electron chi connectivity index (χ1n) is 7.56. The van der Waals surface area contributed by atoms with Gasteiger partial charge in [0, 0.05) is 6.04 Å². The molecule has 6 nitrogen and oxygen atoms in total. The molecule has 0 saturated carbocycles. The van der Waals surface area contributed by atoms with Crippen LogP contribution in [0.5, 0.6) is 5.75 Å². The smallest absolute Gasteiger partial charge is 0.264 e. The molecular formula is C17H18N2O4S. The maximum absolute atomic E-state index is 13.1. The van der Waals surface area contributed by atoms with Gasteiger partial charge in [-0.2, -0.15) is 0 Å². The number of nitrogens with one attached hydrogen (secondary N) is 1. The Morgan fingerprint density at radius 1 is 1.12 bits per heavy atom. The van der Waals surface area contributed by atoms with Crippen LogP contribution >= 0.6 is 0 Å². The Labute approximate surface area is 141 Å². The normalized spacial score (nSPS) is 13.9. The van der Waals surface area contributed by atoms with Gasteiger partial charge in [0.15, 0.2) is 6.61 Å². The molecule has 1 amide bonds. The summed E-state index contributed by atoms with van der Waals surface area (Å²) in [4.78, 5) is 11.6. The molecule has 1 aliphatic heterocycles. The van der Waals surface area contributed by atoms with Gasteiger partial charge in [-0.25, -0.2) is 8.42 Å². The molecule has 0 spiro atoms. The van der Waals surface area contributed by atoms with Gasteiger partial charge in [-0.15, -0.1) is 0 Å². The number of fused-ring (bicyclic) bond motifs is 1. The summed E-state index contributed by atoms with van der Waals surface area (Å²) in [6.07, 6.45) is 0. The standard InChI is InChI=1S/C17H18N2O4S/c1-12(2)19(13-6-4-3-5-7-13)24(21,22)14-8-9-16-15(10-14)18-17(20)11-23-16/h3-10,12H,11H2,1-2H3,(H,18,20). The number of carbonyl (C=O) groups is 1. The molecular weight excluding hydrogens is 328 g/mol. The van der Waals surface area contributed by atoms with E-state index in [2.05, 4.69) is 5.32 Å². The van der Waals surface area contributed by atoms with Crippen molar-refractivity contribution in [2.45, 2.75) is 24.8 Å². The Bertz CT molecular complexity index is 863. The maximum Gasteiger partial charge on any atom is 0.264 e. The number of anilines is 2. The lowest BCUT2D eigenvalue weighted by Gasteiger charge is -2.29. The van der Waals surface area contributed by atoms with Crippen molar-refractivity contribution >= 4 is 27.3 Å². The second-order valence-electron chi connectivity index (χ2n) is 5.72. The minimum absolute atomic E-state index is 0.0682. The van der Waals surface area contributed by atoms with Crippen molar-refractivity contribution in [3.05, 3.63) is 48.5 Å². The topological polar surface area (TPSA) is 75.7 Å². The highest BCUT2D eigenvalue weighted by Crippen LogP contribution is 2.33. The van der Waals surface area contributed by atoms with E-state index in [0.717, 1.165) is 0 Å². The average Bonchev–Trinajstić information content (AvgIpc) is 2.54. The van der Waals surface area contributed by atoms with Gasteiger partial charge in [-0.1, -0.05) is 18.2 Å². The fraction of sp³-hybridized carbons (Fsp3) is 0.235. The molecule has 1 N–H and O–H groups in total. The van der Waals surface area contributed by atoms with E-state index in [-0.39, 0.29) is 23.5 Å². The third-order valence-corrected chi connectivity index (χ3v) is 5.62. The van der Waals surface area contributed by atoms with Gasteiger partial charge >= 0.3 is 0 Å². The van der Waals surface area contributed by atoms with Gasteiger partial charge in [0.25, 0.3) is 15.9 Å². The van der Waals surface area contributed by atoms with Gasteiger partial charge in [-0.05, 0) is 44.2 Å². The highest BCUT2D eigenvalue weighted by molar-refractivity contribution is 7.92. The number of nitrogens with zero attached hydrogens (tertiary/aromatic N) is 1. The first kappa shape index (κ1) is 16.3. The van der Waals surface area contributed by atoms with E-state index in [0.29, 0.717) is 17.1 Å². The lowest BCUT2D eigenvalue weighted by atomic mass is 10.2. The molecule has 0 radical (unpaired) electrons. The third kappa shape index (κ3) is 2.94. The molecule has 24 heavy (non-hydrogen) atoms. The molecule has 2 aromatic rings. The Kier molecular flexibility index (Phi) is 4.19. The number of amides is 1. The first-order valence-corrected chi connectivity index (χ1v) is 9.00. The van der Waals surface area contributed by atoms with E-state index in [1.165, 1.54) is 16.4 Å². The van der Waals surface area contributed by atoms with Crippen molar-refractivity contribution in [1.82, 2.24) is 0 Å². The molecule has 0 aliphatic carbocycles. The van der Waals surface area contributed by atoms with E-state index in [4.69, 9.17) is 4.74 Å². The van der Waals surface area contributed by atoms with Crippen LogP contribution in [-0.2, 0) is 14.8 Å². The minimum atomic E-state index is -3.78. The molecule has 3 rings (SSSR count). The monoisotopic (exact) mass is 346 g/mol. The largest absolute Gasteiger partial charge is 0.482 e. The maximum atomic E-state index is 13.1. The Hall–Kier alpha value is -2.54. The highest BCUT2D eigenvalue weighted by Gasteiger charge is 2.29. The van der Waals surface area contributed by atoms with E-state index >= 15 is 0 Å². The van der Waals surface area contributed by atoms with Gasteiger partial charge in [0.05, 0.1) is 16.3 Å². The summed E-state index contributed by atoms with van der Waals surface area (Å²) in [5, 5.41) is 2.63. The quantitative estimate of drug-likeness (QED) is 0.923. The Morgan fingerprint density at radius 3 is 2.50 bits per heavy atom. The van der Waals surface area contributed by atoms with Crippen molar-refractivity contribution in [3.63, 3.8) is 0 Å². The van der Waals surface area contributed by atoms with E-state index < -0.39 is 10.0 Å². The van der Waals surface area contributed by atoms with Gasteiger partial charge in [0.1, 0.15) is 5.75 Å². The molecule has 0 fully saturated rings. The second kappa shape index (κ2) is 6.16. The number of para-hydroxylation sites is 1. The molecule has 2 aromatic carbocycles. The lowest BCUT2D eigenvalue weighted by Crippen LogP contribution is -2.37. The summed E-state index contributed by atoms with van der Waals surface area (Å²) in [7, 11) is -3.78. The van der Waals surface area contributed by atoms with Crippen LogP contribution in [0.2, 0.25) is 0 Å². The number of carbonyl (C=O) groups excluding carboxylic acids is 1. The zero-order valence-corrected chi connectivity index (χ0v) is 14.2. The fourth-order valence-electron chi connectivity index (χ4n) is 2.63. The van der Waals surface area contributed by atoms with Crippen LogP contribution in [0.25, 0.3) is 0 Å². The lowest BCUT2D eigenvalue weighted by molar-refractivity contribution is -0.118. The summed E-state index contributed by atoms with van der Waals surface area (Å²) in [5.41, 5.74) is 0.953. The third-order valence-electron chi connectivity index (χ3n) is 3.62. The Balaban J connectivity index is 2.06. The SMILES string of the molecule is CC(C)N(c1ccccc1)S(=O)(=O)c1ccc2c(c1)NC(=O)CO2. The number of benzene rings is 2. The van der Waals surface area contributed by atoms with E-state index in [1.54, 1.807) is 30.3 Å². The van der Waals surface area contributed by atoms with Crippen LogP contribution in [0.4, 0.5) is 11.4 Å². The molecule has 126 valence electrons. The summed E-state index contributed by atoms with van der Waals surface area (Å²) >= 11 is 0. The van der Waals surface area contributed by atoms with Crippen LogP contribution in [0.3, 0.4) is 0 Å². The van der Waals surface area contributed by atoms with Crippen molar-refractivity contribution in [1.29, 1.82) is 0 Å². The number of hydrogen-bond donors (Lipinski definition) is 1. The summed E-state index contributed by atoms with van der Waals surface area (Å²) in [6.45, 7) is 3.56. The van der Waals surface area contributed by atoms with Crippen LogP contribution < -0.4 is 14.4 Å². The van der Waals surface area contributed by atoms with Crippen LogP contribution in [0.15, 0.2) is 53.4 Å². The van der Waals surface area contributed by atoms with Gasteiger partial charge in [-0.3, -0.25) is 9.10 Å². The predicted octanol–water partition coefficient (Wildman–Crippen LogP) is 2.62. The van der Waals surface area contributed by atoms with Crippen molar-refractivity contribution in [2.24, 2.45) is 0 Å². The molecule has 0 unspecified atom stereocenters. The van der Waals surface area contributed by atoms with Gasteiger partial charge in [0.2, 0.25) is 0 Å². The zero-order chi connectivity index (χ0) is 17.3. The summed E-state index contributed by atoms with van der Waals surface area (Å²) < 4.78 is 32.9. The van der Waals surface area contributed by atoms with Crippen molar-refractivity contribution in [2.75, 3.05) is 16.2 Å². The van der Waals surface area contributed by atoms with Gasteiger partial charge < -0.3 is 10.1 Å². The summed E-state index contributed by atoms with van der Waals surface area (Å²) in [6, 6.07) is 13.1. The highest BCUT2D eigenvalue weighted by atomic mass is 32.2. The second-order valence-corrected chi connectivity index (χ2v) is 7.54. The van der Waals surface area contributed by atoms with Crippen molar-refractivity contribution in [3.8, 4) is 5.75 Å². The first-order chi connectivity index (χ1) is 11.4. The molecule has 7 heteroatoms. The number of hydrogen-bond acceptors (Lipinski definition) is 4. The van der Waals surface area contributed by atoms with Crippen LogP contribution in [0, 0.1) is 0 Å². The zero-order valence-electron chi connectivity index (χ0n) is 13.4. The molecule has 0 bridgehead atoms. The molecule has 0 atom stereocenters. The average molecular weight is 346 g/mol. The molecule has 0 saturated heterocycles. The molecule has 0 aromatic heterocycles. The fourth-order valence-corrected chi connectivity index (χ4v) is 4.31. The van der Waals surface area contributed by atoms with Crippen LogP contribution in [0.1, 0.15) is 13.8 Å². The van der Waals surface area contributed by atoms with Crippen molar-refractivity contribution < 1.29 is 17.9 Å². The number of ether oxygens (including phenoxy) is 1. The Morgan fingerprint density at radius 2 is 1.83 bits per heavy atom. The summed E-state index contributed by atoms with van der Waals surface area (Å²) in [5.74, 6) is 0.158. The van der Waals surface area contributed by atoms with E-state index in [9.17, 15) is 13.2 Å². The van der Waals surface area contributed by atoms with E-state index in [1.807, 2.05) is 19.9 Å². The number of rotatable bonds is 4. The number of sulfonamides is 1. The van der Waals surface area contributed by atoms with Crippen LogP contribution in [-0.4, -0.2) is 27.0 Å². The molecule has 1 aliphatic rings. The predicted molar refractivity (Wildman–Crippen MR) is 91.8 cm³/mol.